The van der Waals surface area contributed by atoms with Crippen molar-refractivity contribution in [2.45, 2.75) is 76.3 Å². The van der Waals surface area contributed by atoms with E-state index in [2.05, 4.69) is 0 Å². The molecule has 0 atom stereocenters. The van der Waals surface area contributed by atoms with Gasteiger partial charge in [0, 0.05) is 6.04 Å². The zero-order valence-electron chi connectivity index (χ0n) is 17.9. The number of hydrogen-bond donors (Lipinski definition) is 1. The van der Waals surface area contributed by atoms with Gasteiger partial charge in [0.25, 0.3) is 11.8 Å². The summed E-state index contributed by atoms with van der Waals surface area (Å²) in [5.74, 6) is 0.155. The number of aliphatic imine (C=N–C) groups is 1. The number of hydrogen-bond acceptors (Lipinski definition) is 5. The van der Waals surface area contributed by atoms with Crippen LogP contribution in [0.3, 0.4) is 0 Å². The second-order valence-electron chi connectivity index (χ2n) is 8.61. The first-order valence-corrected chi connectivity index (χ1v) is 12.2. The molecular weight excluding hydrogens is 410 g/mol. The fourth-order valence-corrected chi connectivity index (χ4v) is 5.68. The van der Waals surface area contributed by atoms with Gasteiger partial charge in [0.2, 0.25) is 0 Å². The maximum atomic E-state index is 13.4. The van der Waals surface area contributed by atoms with Crippen molar-refractivity contribution in [2.24, 2.45) is 10.7 Å². The molecule has 0 unspecified atom stereocenters. The van der Waals surface area contributed by atoms with Crippen LogP contribution in [-0.2, 0) is 9.59 Å². The first kappa shape index (κ1) is 21.9. The van der Waals surface area contributed by atoms with Gasteiger partial charge in [-0.2, -0.15) is 0 Å². The van der Waals surface area contributed by atoms with E-state index in [1.54, 1.807) is 12.1 Å². The zero-order valence-corrected chi connectivity index (χ0v) is 18.7. The van der Waals surface area contributed by atoms with Crippen molar-refractivity contribution in [3.8, 4) is 5.75 Å². The normalized spacial score (nSPS) is 23.6. The summed E-state index contributed by atoms with van der Waals surface area (Å²) >= 11 is 1.52. The zero-order chi connectivity index (χ0) is 21.6. The minimum atomic E-state index is -0.508. The number of rotatable bonds is 6. The molecule has 1 heterocycles. The number of ether oxygens (including phenoxy) is 1. The number of nitrogens with two attached hydrogens (primary N) is 1. The lowest BCUT2D eigenvalue weighted by molar-refractivity contribution is -0.124. The Balaban J connectivity index is 1.54. The Kier molecular flexibility index (Phi) is 7.33. The van der Waals surface area contributed by atoms with Crippen LogP contribution in [-0.4, -0.2) is 40.6 Å². The molecule has 6 nitrogen and oxygen atoms in total. The van der Waals surface area contributed by atoms with E-state index in [0.717, 1.165) is 41.3 Å². The van der Waals surface area contributed by atoms with Crippen LogP contribution >= 0.6 is 11.8 Å². The first-order chi connectivity index (χ1) is 15.1. The number of benzene rings is 1. The Morgan fingerprint density at radius 3 is 2.35 bits per heavy atom. The molecule has 1 aliphatic heterocycles. The lowest BCUT2D eigenvalue weighted by Crippen LogP contribution is -2.41. The number of amides is 2. The third-order valence-corrected chi connectivity index (χ3v) is 7.20. The van der Waals surface area contributed by atoms with Gasteiger partial charge in [-0.05, 0) is 61.2 Å². The highest BCUT2D eigenvalue weighted by Gasteiger charge is 2.39. The molecule has 31 heavy (non-hydrogen) atoms. The molecule has 1 aromatic rings. The van der Waals surface area contributed by atoms with Gasteiger partial charge >= 0.3 is 0 Å². The summed E-state index contributed by atoms with van der Waals surface area (Å²) < 4.78 is 5.32. The van der Waals surface area contributed by atoms with Crippen molar-refractivity contribution in [3.63, 3.8) is 0 Å². The van der Waals surface area contributed by atoms with E-state index in [-0.39, 0.29) is 18.6 Å². The van der Waals surface area contributed by atoms with Crippen LogP contribution in [0, 0.1) is 0 Å². The van der Waals surface area contributed by atoms with E-state index in [0.29, 0.717) is 11.8 Å². The molecule has 1 aromatic carbocycles. The van der Waals surface area contributed by atoms with Gasteiger partial charge in [-0.1, -0.05) is 50.7 Å². The molecule has 0 aromatic heterocycles. The van der Waals surface area contributed by atoms with Gasteiger partial charge < -0.3 is 10.5 Å². The van der Waals surface area contributed by atoms with Crippen LogP contribution in [0.4, 0.5) is 0 Å². The summed E-state index contributed by atoms with van der Waals surface area (Å²) in [5, 5.41) is 0.900. The second kappa shape index (κ2) is 10.4. The molecule has 3 aliphatic rings. The number of nitrogens with zero attached hydrogens (tertiary/aromatic N) is 2. The summed E-state index contributed by atoms with van der Waals surface area (Å²) in [7, 11) is 0. The Hall–Kier alpha value is -2.28. The van der Waals surface area contributed by atoms with E-state index >= 15 is 0 Å². The van der Waals surface area contributed by atoms with Crippen molar-refractivity contribution < 1.29 is 14.3 Å². The van der Waals surface area contributed by atoms with Crippen LogP contribution in [0.1, 0.15) is 69.8 Å². The van der Waals surface area contributed by atoms with Crippen molar-refractivity contribution in [2.75, 3.05) is 6.61 Å². The van der Waals surface area contributed by atoms with Crippen molar-refractivity contribution >= 4 is 34.8 Å². The van der Waals surface area contributed by atoms with Gasteiger partial charge in [0.15, 0.2) is 11.8 Å². The Bertz CT molecular complexity index is 853. The maximum Gasteiger partial charge on any atom is 0.266 e. The fraction of sp³-hybridized carbons (Fsp3) is 0.542. The number of carbonyl (C=O) groups excluding carboxylic acids is 2. The van der Waals surface area contributed by atoms with Gasteiger partial charge in [0.1, 0.15) is 5.75 Å². The van der Waals surface area contributed by atoms with Crippen molar-refractivity contribution in [1.82, 2.24) is 4.90 Å². The van der Waals surface area contributed by atoms with Crippen molar-refractivity contribution in [3.05, 3.63) is 34.7 Å². The molecule has 2 saturated carbocycles. The third kappa shape index (κ3) is 5.70. The quantitative estimate of drug-likeness (QED) is 0.659. The third-order valence-electron chi connectivity index (χ3n) is 6.20. The fourth-order valence-electron chi connectivity index (χ4n) is 4.57. The highest BCUT2D eigenvalue weighted by molar-refractivity contribution is 8.18. The lowest BCUT2D eigenvalue weighted by atomic mass is 9.94. The second-order valence-corrected chi connectivity index (χ2v) is 9.61. The van der Waals surface area contributed by atoms with Gasteiger partial charge in [-0.3, -0.25) is 19.5 Å². The molecule has 0 spiro atoms. The monoisotopic (exact) mass is 441 g/mol. The summed E-state index contributed by atoms with van der Waals surface area (Å²) in [4.78, 5) is 32.0. The Labute approximate surface area is 188 Å². The minimum Gasteiger partial charge on any atom is -0.484 e. The summed E-state index contributed by atoms with van der Waals surface area (Å²) in [6.45, 7) is -0.147. The molecule has 7 heteroatoms. The van der Waals surface area contributed by atoms with Crippen LogP contribution in [0.5, 0.6) is 5.75 Å². The van der Waals surface area contributed by atoms with Crippen LogP contribution in [0.25, 0.3) is 6.08 Å². The Morgan fingerprint density at radius 2 is 1.71 bits per heavy atom. The van der Waals surface area contributed by atoms with E-state index in [9.17, 15) is 9.59 Å². The molecule has 3 fully saturated rings. The lowest BCUT2D eigenvalue weighted by Gasteiger charge is -2.31. The molecule has 1 saturated heterocycles. The molecule has 166 valence electrons. The van der Waals surface area contributed by atoms with E-state index in [4.69, 9.17) is 15.5 Å². The molecule has 2 amide bonds. The van der Waals surface area contributed by atoms with Crippen LogP contribution in [0.2, 0.25) is 0 Å². The minimum absolute atomic E-state index is 0.0838. The predicted molar refractivity (Wildman–Crippen MR) is 125 cm³/mol. The summed E-state index contributed by atoms with van der Waals surface area (Å²) in [6.07, 6.45) is 13.7. The predicted octanol–water partition coefficient (Wildman–Crippen LogP) is 4.49. The average Bonchev–Trinajstić information content (AvgIpc) is 3.09. The summed E-state index contributed by atoms with van der Waals surface area (Å²) in [5.41, 5.74) is 6.04. The highest BCUT2D eigenvalue weighted by Crippen LogP contribution is 2.38. The molecule has 2 N–H and O–H groups in total. The van der Waals surface area contributed by atoms with Gasteiger partial charge in [0.05, 0.1) is 10.9 Å². The maximum absolute atomic E-state index is 13.4. The highest BCUT2D eigenvalue weighted by atomic mass is 32.2. The van der Waals surface area contributed by atoms with Gasteiger partial charge in [-0.15, -0.1) is 0 Å². The Morgan fingerprint density at radius 1 is 1.06 bits per heavy atom. The molecule has 2 aliphatic carbocycles. The molecule has 0 bridgehead atoms. The van der Waals surface area contributed by atoms with Gasteiger partial charge in [-0.25, -0.2) is 0 Å². The van der Waals surface area contributed by atoms with E-state index in [1.807, 2.05) is 23.1 Å². The van der Waals surface area contributed by atoms with E-state index in [1.165, 1.54) is 50.3 Å². The molecular formula is C24H31N3O3S. The van der Waals surface area contributed by atoms with Crippen LogP contribution < -0.4 is 10.5 Å². The molecule has 4 rings (SSSR count). The topological polar surface area (TPSA) is 85.0 Å². The SMILES string of the molecule is NC(=O)COc1ccc(C=C2SC(=NC3CCCCC3)N(C3CCCCC3)C2=O)cc1. The number of amidine groups is 1. The van der Waals surface area contributed by atoms with E-state index < -0.39 is 5.91 Å². The number of thioether (sulfide) groups is 1. The van der Waals surface area contributed by atoms with Crippen LogP contribution in [0.15, 0.2) is 34.2 Å². The van der Waals surface area contributed by atoms with Crippen molar-refractivity contribution in [1.29, 1.82) is 0 Å². The standard InChI is InChI=1S/C24H31N3O3S/c25-22(28)16-30-20-13-11-17(12-14-20)15-21-23(29)27(19-9-5-2-6-10-19)24(31-21)26-18-7-3-1-4-8-18/h11-15,18-19H,1-10,16H2,(H2,25,28). The first-order valence-electron chi connectivity index (χ1n) is 11.4. The summed E-state index contributed by atoms with van der Waals surface area (Å²) in [6, 6.07) is 7.96. The number of carbonyl (C=O) groups is 2. The molecule has 0 radical (unpaired) electrons. The average molecular weight is 442 g/mol. The largest absolute Gasteiger partial charge is 0.484 e. The smallest absolute Gasteiger partial charge is 0.266 e. The number of primary amides is 1.